The van der Waals surface area contributed by atoms with Crippen LogP contribution in [-0.2, 0) is 22.6 Å². The number of hydrogen-bond acceptors (Lipinski definition) is 6. The number of carbonyl (C=O) groups excluding carboxylic acids is 1. The number of anilines is 1. The minimum absolute atomic E-state index is 0.0901. The Morgan fingerprint density at radius 2 is 1.95 bits per heavy atom. The van der Waals surface area contributed by atoms with Crippen LogP contribution in [0.2, 0.25) is 0 Å². The standard InChI is InChI=1S/C29H31N5O4/c1-19(34(18-35)23-9-5-20(15-30)6-10-23)24-3-2-4-25-26(28(29(36)37)32-27(24)25)21-7-8-22(31-16-21)17-33-11-13-38-14-12-33/h2-10,16,18-19,32H,11-15,17,30H2,1H3,(H,36,37). The smallest absolute Gasteiger partial charge is 0.352 e. The Balaban J connectivity index is 1.51. The van der Waals surface area contributed by atoms with Crippen LogP contribution in [0, 0.1) is 0 Å². The predicted octanol–water partition coefficient (Wildman–Crippen LogP) is 3.94. The third-order valence-corrected chi connectivity index (χ3v) is 7.13. The number of para-hydroxylation sites is 1. The number of aromatic amines is 1. The number of fused-ring (bicyclic) bond motifs is 1. The van der Waals surface area contributed by atoms with Gasteiger partial charge in [0.15, 0.2) is 0 Å². The van der Waals surface area contributed by atoms with Gasteiger partial charge in [0.1, 0.15) is 5.69 Å². The lowest BCUT2D eigenvalue weighted by Crippen LogP contribution is -2.35. The zero-order valence-corrected chi connectivity index (χ0v) is 21.3. The molecule has 1 unspecified atom stereocenters. The van der Waals surface area contributed by atoms with Crippen molar-refractivity contribution in [3.8, 4) is 11.1 Å². The number of ether oxygens (including phenoxy) is 1. The lowest BCUT2D eigenvalue weighted by molar-refractivity contribution is -0.107. The number of carboxylic acid groups (broad SMARTS) is 1. The average molecular weight is 514 g/mol. The number of benzene rings is 2. The Morgan fingerprint density at radius 1 is 1.18 bits per heavy atom. The quantitative estimate of drug-likeness (QED) is 0.290. The highest BCUT2D eigenvalue weighted by molar-refractivity contribution is 6.08. The van der Waals surface area contributed by atoms with E-state index in [1.165, 1.54) is 0 Å². The van der Waals surface area contributed by atoms with Crippen molar-refractivity contribution >= 4 is 29.0 Å². The second-order valence-corrected chi connectivity index (χ2v) is 9.44. The molecule has 38 heavy (non-hydrogen) atoms. The highest BCUT2D eigenvalue weighted by Crippen LogP contribution is 2.37. The van der Waals surface area contributed by atoms with Crippen molar-refractivity contribution in [3.63, 3.8) is 0 Å². The van der Waals surface area contributed by atoms with Gasteiger partial charge in [-0.05, 0) is 36.2 Å². The van der Waals surface area contributed by atoms with Gasteiger partial charge in [0.25, 0.3) is 0 Å². The van der Waals surface area contributed by atoms with Crippen LogP contribution in [0.4, 0.5) is 5.69 Å². The van der Waals surface area contributed by atoms with Gasteiger partial charge in [0, 0.05) is 54.6 Å². The zero-order chi connectivity index (χ0) is 26.6. The van der Waals surface area contributed by atoms with Crippen molar-refractivity contribution in [2.45, 2.75) is 26.1 Å². The number of nitrogens with two attached hydrogens (primary N) is 1. The Hall–Kier alpha value is -4.05. The monoisotopic (exact) mass is 513 g/mol. The van der Waals surface area contributed by atoms with E-state index >= 15 is 0 Å². The molecule has 2 aromatic carbocycles. The summed E-state index contributed by atoms with van der Waals surface area (Å²) in [6.07, 6.45) is 2.53. The lowest BCUT2D eigenvalue weighted by Gasteiger charge is -2.26. The molecule has 0 bridgehead atoms. The summed E-state index contributed by atoms with van der Waals surface area (Å²) in [5.74, 6) is -1.06. The number of rotatable bonds is 9. The summed E-state index contributed by atoms with van der Waals surface area (Å²) in [4.78, 5) is 36.1. The predicted molar refractivity (Wildman–Crippen MR) is 146 cm³/mol. The highest BCUT2D eigenvalue weighted by Gasteiger charge is 2.24. The molecule has 1 aliphatic rings. The first kappa shape index (κ1) is 25.6. The first-order valence-electron chi connectivity index (χ1n) is 12.7. The fraction of sp³-hybridized carbons (Fsp3) is 0.276. The summed E-state index contributed by atoms with van der Waals surface area (Å²) in [7, 11) is 0. The minimum atomic E-state index is -1.06. The fourth-order valence-electron chi connectivity index (χ4n) is 5.03. The van der Waals surface area contributed by atoms with Crippen LogP contribution in [0.15, 0.2) is 60.8 Å². The van der Waals surface area contributed by atoms with Gasteiger partial charge < -0.3 is 25.5 Å². The first-order valence-corrected chi connectivity index (χ1v) is 12.7. The molecule has 9 nitrogen and oxygen atoms in total. The van der Waals surface area contributed by atoms with E-state index in [-0.39, 0.29) is 11.7 Å². The molecule has 2 aromatic heterocycles. The Morgan fingerprint density at radius 3 is 2.58 bits per heavy atom. The van der Waals surface area contributed by atoms with Crippen molar-refractivity contribution in [1.29, 1.82) is 0 Å². The van der Waals surface area contributed by atoms with E-state index in [0.29, 0.717) is 23.2 Å². The maximum Gasteiger partial charge on any atom is 0.352 e. The van der Waals surface area contributed by atoms with Crippen molar-refractivity contribution in [2.75, 3.05) is 31.2 Å². The molecule has 3 heterocycles. The van der Waals surface area contributed by atoms with E-state index in [0.717, 1.165) is 67.2 Å². The molecule has 0 saturated carbocycles. The minimum Gasteiger partial charge on any atom is -0.477 e. The van der Waals surface area contributed by atoms with E-state index in [2.05, 4.69) is 14.9 Å². The van der Waals surface area contributed by atoms with Gasteiger partial charge >= 0.3 is 5.97 Å². The normalized spacial score (nSPS) is 14.9. The largest absolute Gasteiger partial charge is 0.477 e. The number of carboxylic acids is 1. The molecule has 1 amide bonds. The second-order valence-electron chi connectivity index (χ2n) is 9.44. The highest BCUT2D eigenvalue weighted by atomic mass is 16.5. The molecule has 0 spiro atoms. The van der Waals surface area contributed by atoms with Crippen molar-refractivity contribution < 1.29 is 19.4 Å². The Bertz CT molecular complexity index is 1430. The van der Waals surface area contributed by atoms with E-state index in [1.54, 1.807) is 11.1 Å². The van der Waals surface area contributed by atoms with Gasteiger partial charge in [-0.1, -0.05) is 36.4 Å². The number of morpholine rings is 1. The van der Waals surface area contributed by atoms with E-state index in [9.17, 15) is 14.7 Å². The topological polar surface area (TPSA) is 125 Å². The molecule has 4 aromatic rings. The van der Waals surface area contributed by atoms with Crippen LogP contribution in [-0.4, -0.2) is 58.7 Å². The number of aromatic carboxylic acids is 1. The number of aromatic nitrogens is 2. The van der Waals surface area contributed by atoms with Crippen molar-refractivity contribution in [1.82, 2.24) is 14.9 Å². The molecular formula is C29H31N5O4. The maximum atomic E-state index is 12.3. The SMILES string of the molecule is CC(c1cccc2c(-c3ccc(CN4CCOCC4)nc3)c(C(=O)O)[nH]c12)N(C=O)c1ccc(CN)cc1. The maximum absolute atomic E-state index is 12.3. The van der Waals surface area contributed by atoms with Gasteiger partial charge in [0.05, 0.1) is 30.5 Å². The number of carbonyl (C=O) groups is 2. The van der Waals surface area contributed by atoms with Crippen LogP contribution in [0.3, 0.4) is 0 Å². The molecule has 5 rings (SSSR count). The number of pyridine rings is 1. The third kappa shape index (κ3) is 5.04. The van der Waals surface area contributed by atoms with E-state index in [4.69, 9.17) is 10.5 Å². The van der Waals surface area contributed by atoms with Crippen LogP contribution in [0.1, 0.15) is 40.3 Å². The van der Waals surface area contributed by atoms with Crippen LogP contribution in [0.5, 0.6) is 0 Å². The lowest BCUT2D eigenvalue weighted by atomic mass is 9.98. The van der Waals surface area contributed by atoms with E-state index in [1.807, 2.05) is 61.5 Å². The first-order chi connectivity index (χ1) is 18.5. The van der Waals surface area contributed by atoms with Gasteiger partial charge in [-0.3, -0.25) is 14.7 Å². The molecule has 1 fully saturated rings. The molecule has 1 atom stereocenters. The van der Waals surface area contributed by atoms with E-state index < -0.39 is 5.97 Å². The molecule has 9 heteroatoms. The summed E-state index contributed by atoms with van der Waals surface area (Å²) in [5.41, 5.74) is 11.2. The molecule has 4 N–H and O–H groups in total. The van der Waals surface area contributed by atoms with Crippen LogP contribution < -0.4 is 10.6 Å². The Labute approximate surface area is 220 Å². The molecule has 196 valence electrons. The second kappa shape index (κ2) is 11.1. The summed E-state index contributed by atoms with van der Waals surface area (Å²) in [6, 6.07) is 16.7. The summed E-state index contributed by atoms with van der Waals surface area (Å²) >= 11 is 0. The van der Waals surface area contributed by atoms with Gasteiger partial charge in [0.2, 0.25) is 6.41 Å². The summed E-state index contributed by atoms with van der Waals surface area (Å²) in [6.45, 7) is 6.23. The number of amides is 1. The molecule has 0 radical (unpaired) electrons. The van der Waals surface area contributed by atoms with Crippen LogP contribution in [0.25, 0.3) is 22.0 Å². The Kier molecular flexibility index (Phi) is 7.50. The van der Waals surface area contributed by atoms with Crippen molar-refractivity contribution in [2.24, 2.45) is 5.73 Å². The third-order valence-electron chi connectivity index (χ3n) is 7.13. The number of hydrogen-bond donors (Lipinski definition) is 3. The molecule has 0 aliphatic carbocycles. The number of nitrogens with zero attached hydrogens (tertiary/aromatic N) is 3. The van der Waals surface area contributed by atoms with Crippen molar-refractivity contribution in [3.05, 3.63) is 83.3 Å². The van der Waals surface area contributed by atoms with Crippen LogP contribution >= 0.6 is 0 Å². The number of H-pyrrole nitrogens is 1. The molecular weight excluding hydrogens is 482 g/mol. The fourth-order valence-corrected chi connectivity index (χ4v) is 5.03. The molecule has 1 saturated heterocycles. The van der Waals surface area contributed by atoms with Gasteiger partial charge in [-0.15, -0.1) is 0 Å². The van der Waals surface area contributed by atoms with Gasteiger partial charge in [-0.25, -0.2) is 4.79 Å². The summed E-state index contributed by atoms with van der Waals surface area (Å²) < 4.78 is 5.42. The zero-order valence-electron chi connectivity index (χ0n) is 21.3. The van der Waals surface area contributed by atoms with Gasteiger partial charge in [-0.2, -0.15) is 0 Å². The summed E-state index contributed by atoms with van der Waals surface area (Å²) in [5, 5.41) is 10.8. The average Bonchev–Trinajstić information content (AvgIpc) is 3.35. The molecule has 1 aliphatic heterocycles. The number of nitrogens with one attached hydrogen (secondary N) is 1.